The third-order valence-electron chi connectivity index (χ3n) is 6.44. The third kappa shape index (κ3) is 6.64. The summed E-state index contributed by atoms with van der Waals surface area (Å²) < 4.78 is 44.7. The fraction of sp³-hybridized carbons (Fsp3) is 0.300. The highest BCUT2D eigenvalue weighted by atomic mass is 35.5. The molecule has 0 spiro atoms. The summed E-state index contributed by atoms with van der Waals surface area (Å²) in [6.07, 6.45) is -0.316. The molecule has 42 heavy (non-hydrogen) atoms. The molecule has 0 unspecified atom stereocenters. The molecule has 3 aromatic carbocycles. The lowest BCUT2D eigenvalue weighted by molar-refractivity contribution is -0.158. The predicted molar refractivity (Wildman–Crippen MR) is 155 cm³/mol. The predicted octanol–water partition coefficient (Wildman–Crippen LogP) is 8.40. The molecular weight excluding hydrogens is 608 g/mol. The molecule has 1 aromatic heterocycles. The minimum atomic E-state index is -0.719. The standard InChI is InChI=1S/C30H25Cl3FN3O5/c1-29(2)24(41-30(3,4)42-29)15-38-19-6-7-21(23(33)13-19)28-37-36-25(40-28)11-17-5-8-22(32)27(26(17)34)39-20-10-16(14-35)9-18(31)12-20/h5-10,12-13,24H,11,15H2,1-4H3/t24-/m0/s1. The van der Waals surface area contributed by atoms with E-state index in [2.05, 4.69) is 10.2 Å². The summed E-state index contributed by atoms with van der Waals surface area (Å²) in [5.41, 5.74) is 0.429. The van der Waals surface area contributed by atoms with Crippen LogP contribution in [0.4, 0.5) is 4.39 Å². The number of hydrogen-bond acceptors (Lipinski definition) is 8. The van der Waals surface area contributed by atoms with E-state index in [0.717, 1.165) is 0 Å². The minimum absolute atomic E-state index is 0.0364. The maximum Gasteiger partial charge on any atom is 0.249 e. The molecule has 0 radical (unpaired) electrons. The molecule has 1 aliphatic rings. The zero-order valence-corrected chi connectivity index (χ0v) is 25.3. The summed E-state index contributed by atoms with van der Waals surface area (Å²) in [5, 5.41) is 17.9. The summed E-state index contributed by atoms with van der Waals surface area (Å²) in [6.45, 7) is 7.90. The third-order valence-corrected chi connectivity index (χ3v) is 7.27. The molecule has 1 saturated heterocycles. The van der Waals surface area contributed by atoms with Crippen LogP contribution in [0.25, 0.3) is 11.5 Å². The second-order valence-electron chi connectivity index (χ2n) is 10.6. The van der Waals surface area contributed by atoms with Gasteiger partial charge >= 0.3 is 0 Å². The highest BCUT2D eigenvalue weighted by Crippen LogP contribution is 2.38. The number of ether oxygens (including phenoxy) is 4. The first-order chi connectivity index (χ1) is 19.8. The number of benzene rings is 3. The first-order valence-corrected chi connectivity index (χ1v) is 14.0. The average Bonchev–Trinajstić information content (AvgIpc) is 3.46. The molecule has 0 amide bonds. The van der Waals surface area contributed by atoms with Crippen LogP contribution < -0.4 is 9.47 Å². The summed E-state index contributed by atoms with van der Waals surface area (Å²) in [6, 6.07) is 14.4. The van der Waals surface area contributed by atoms with Gasteiger partial charge in [-0.1, -0.05) is 40.9 Å². The van der Waals surface area contributed by atoms with Crippen molar-refractivity contribution < 1.29 is 27.8 Å². The molecular formula is C30H25Cl3FN3O5. The van der Waals surface area contributed by atoms with Crippen molar-refractivity contribution in [2.75, 3.05) is 6.61 Å². The Bertz CT molecular complexity index is 1690. The summed E-state index contributed by atoms with van der Waals surface area (Å²) in [5.74, 6) is -0.641. The van der Waals surface area contributed by atoms with Gasteiger partial charge in [0.1, 0.15) is 24.2 Å². The molecule has 0 saturated carbocycles. The first kappa shape index (κ1) is 30.1. The van der Waals surface area contributed by atoms with E-state index in [1.54, 1.807) is 18.2 Å². The minimum Gasteiger partial charge on any atom is -0.491 e. The van der Waals surface area contributed by atoms with Crippen LogP contribution in [0.15, 0.2) is 52.9 Å². The molecule has 2 heterocycles. The van der Waals surface area contributed by atoms with Crippen molar-refractivity contribution in [2.24, 2.45) is 0 Å². The number of rotatable bonds is 8. The second-order valence-corrected chi connectivity index (χ2v) is 11.8. The van der Waals surface area contributed by atoms with Crippen molar-refractivity contribution in [3.8, 4) is 34.8 Å². The normalized spacial score (nSPS) is 17.2. The van der Waals surface area contributed by atoms with Crippen LogP contribution in [0.3, 0.4) is 0 Å². The van der Waals surface area contributed by atoms with E-state index in [4.69, 9.17) is 58.2 Å². The Morgan fingerprint density at radius 1 is 0.976 bits per heavy atom. The largest absolute Gasteiger partial charge is 0.491 e. The van der Waals surface area contributed by atoms with E-state index in [-0.39, 0.29) is 63.6 Å². The summed E-state index contributed by atoms with van der Waals surface area (Å²) in [4.78, 5) is 0. The van der Waals surface area contributed by atoms with Gasteiger partial charge in [0.05, 0.1) is 39.3 Å². The van der Waals surface area contributed by atoms with Crippen molar-refractivity contribution in [1.82, 2.24) is 10.2 Å². The highest BCUT2D eigenvalue weighted by molar-refractivity contribution is 6.33. The lowest BCUT2D eigenvalue weighted by Gasteiger charge is -2.24. The van der Waals surface area contributed by atoms with E-state index in [0.29, 0.717) is 16.3 Å². The van der Waals surface area contributed by atoms with Gasteiger partial charge in [0.25, 0.3) is 0 Å². The molecule has 1 fully saturated rings. The van der Waals surface area contributed by atoms with Crippen LogP contribution in [0.1, 0.15) is 44.7 Å². The molecule has 4 aromatic rings. The average molecular weight is 633 g/mol. The van der Waals surface area contributed by atoms with Gasteiger partial charge in [0.15, 0.2) is 17.4 Å². The highest BCUT2D eigenvalue weighted by Gasteiger charge is 2.47. The number of halogens is 4. The van der Waals surface area contributed by atoms with Crippen molar-refractivity contribution in [1.29, 1.82) is 5.26 Å². The zero-order chi connectivity index (χ0) is 30.2. The molecule has 218 valence electrons. The fourth-order valence-corrected chi connectivity index (χ4v) is 5.24. The van der Waals surface area contributed by atoms with Gasteiger partial charge in [-0.25, -0.2) is 4.39 Å². The van der Waals surface area contributed by atoms with Gasteiger partial charge in [0.2, 0.25) is 11.8 Å². The number of nitrogens with zero attached hydrogens (tertiary/aromatic N) is 3. The summed E-state index contributed by atoms with van der Waals surface area (Å²) in [7, 11) is 0. The van der Waals surface area contributed by atoms with Crippen molar-refractivity contribution in [3.63, 3.8) is 0 Å². The monoisotopic (exact) mass is 631 g/mol. The lowest BCUT2D eigenvalue weighted by atomic mass is 10.0. The molecule has 0 bridgehead atoms. The molecule has 1 aliphatic heterocycles. The van der Waals surface area contributed by atoms with Crippen LogP contribution in [-0.2, 0) is 15.9 Å². The maximum absolute atomic E-state index is 15.5. The molecule has 8 nitrogen and oxygen atoms in total. The van der Waals surface area contributed by atoms with Crippen LogP contribution in [0.5, 0.6) is 17.2 Å². The Morgan fingerprint density at radius 3 is 2.45 bits per heavy atom. The van der Waals surface area contributed by atoms with E-state index in [1.807, 2.05) is 33.8 Å². The Kier molecular flexibility index (Phi) is 8.39. The van der Waals surface area contributed by atoms with Crippen LogP contribution in [-0.4, -0.2) is 34.3 Å². The van der Waals surface area contributed by atoms with Crippen molar-refractivity contribution in [3.05, 3.63) is 86.4 Å². The quantitative estimate of drug-likeness (QED) is 0.191. The summed E-state index contributed by atoms with van der Waals surface area (Å²) >= 11 is 18.8. The van der Waals surface area contributed by atoms with E-state index in [1.165, 1.54) is 30.3 Å². The smallest absolute Gasteiger partial charge is 0.249 e. The Hall–Kier alpha value is -3.39. The molecule has 1 atom stereocenters. The van der Waals surface area contributed by atoms with Gasteiger partial charge in [-0.15, -0.1) is 10.2 Å². The molecule has 5 rings (SSSR count). The SMILES string of the molecule is CC1(C)O[C@@H](COc2ccc(-c3nnc(Cc4ccc(Cl)c(Oc5cc(Cl)cc(C#N)c5)c4F)o3)c(Cl)c2)C(C)(C)O1. The number of hydrogen-bond donors (Lipinski definition) is 0. The Labute approximate surface area is 256 Å². The van der Waals surface area contributed by atoms with E-state index >= 15 is 4.39 Å². The zero-order valence-electron chi connectivity index (χ0n) is 23.0. The van der Waals surface area contributed by atoms with Gasteiger partial charge < -0.3 is 23.4 Å². The Balaban J connectivity index is 1.29. The fourth-order valence-electron chi connectivity index (χ4n) is 4.58. The van der Waals surface area contributed by atoms with E-state index < -0.39 is 17.2 Å². The van der Waals surface area contributed by atoms with Crippen molar-refractivity contribution >= 4 is 34.8 Å². The molecule has 12 heteroatoms. The van der Waals surface area contributed by atoms with Gasteiger partial charge in [-0.05, 0) is 70.2 Å². The van der Waals surface area contributed by atoms with Gasteiger partial charge in [-0.3, -0.25) is 0 Å². The first-order valence-electron chi connectivity index (χ1n) is 12.8. The topological polar surface area (TPSA) is 99.6 Å². The second kappa shape index (κ2) is 11.7. The van der Waals surface area contributed by atoms with Gasteiger partial charge in [-0.2, -0.15) is 5.26 Å². The van der Waals surface area contributed by atoms with Crippen LogP contribution in [0, 0.1) is 17.1 Å². The Morgan fingerprint density at radius 2 is 1.76 bits per heavy atom. The maximum atomic E-state index is 15.5. The van der Waals surface area contributed by atoms with Crippen LogP contribution in [0.2, 0.25) is 15.1 Å². The lowest BCUT2D eigenvalue weighted by Crippen LogP contribution is -2.37. The number of nitriles is 1. The van der Waals surface area contributed by atoms with Crippen LogP contribution >= 0.6 is 34.8 Å². The molecule has 0 N–H and O–H groups in total. The van der Waals surface area contributed by atoms with E-state index in [9.17, 15) is 5.26 Å². The number of aromatic nitrogens is 2. The van der Waals surface area contributed by atoms with Gasteiger partial charge in [0, 0.05) is 10.6 Å². The molecule has 0 aliphatic carbocycles. The van der Waals surface area contributed by atoms with Crippen molar-refractivity contribution in [2.45, 2.75) is 51.6 Å².